The van der Waals surface area contributed by atoms with Gasteiger partial charge in [0.15, 0.2) is 0 Å². The van der Waals surface area contributed by atoms with Crippen LogP contribution in [0.15, 0.2) is 45.9 Å². The minimum absolute atomic E-state index is 0.0869. The highest BCUT2D eigenvalue weighted by Gasteiger charge is 2.20. The highest BCUT2D eigenvalue weighted by atomic mass is 35.5. The fourth-order valence-electron chi connectivity index (χ4n) is 1.64. The second-order valence-electron chi connectivity index (χ2n) is 3.89. The highest BCUT2D eigenvalue weighted by molar-refractivity contribution is 7.89. The first kappa shape index (κ1) is 13.9. The Morgan fingerprint density at radius 1 is 1.26 bits per heavy atom. The molecule has 0 radical (unpaired) electrons. The maximum Gasteiger partial charge on any atom is 0.244 e. The standard InChI is InChI=1S/C12H13ClN2O3S/c13-10-4-1-5-11(14)12(10)19(16,17)15-7-6-9-3-2-8-18-9/h1-5,8,15H,6-7,14H2. The third-order valence-corrected chi connectivity index (χ3v) is 4.51. The molecule has 7 heteroatoms. The van der Waals surface area contributed by atoms with E-state index in [-0.39, 0.29) is 22.2 Å². The molecule has 3 N–H and O–H groups in total. The predicted molar refractivity (Wildman–Crippen MR) is 73.5 cm³/mol. The Bertz CT molecular complexity index is 633. The van der Waals surface area contributed by atoms with Gasteiger partial charge in [-0.15, -0.1) is 0 Å². The van der Waals surface area contributed by atoms with Crippen molar-refractivity contribution in [2.75, 3.05) is 12.3 Å². The van der Waals surface area contributed by atoms with Gasteiger partial charge in [0.25, 0.3) is 0 Å². The van der Waals surface area contributed by atoms with Crippen molar-refractivity contribution < 1.29 is 12.8 Å². The van der Waals surface area contributed by atoms with E-state index in [1.165, 1.54) is 18.4 Å². The van der Waals surface area contributed by atoms with Crippen molar-refractivity contribution in [3.05, 3.63) is 47.4 Å². The number of nitrogens with one attached hydrogen (secondary N) is 1. The molecule has 0 aliphatic heterocycles. The number of benzene rings is 1. The molecule has 102 valence electrons. The third-order valence-electron chi connectivity index (χ3n) is 2.51. The van der Waals surface area contributed by atoms with Crippen molar-refractivity contribution >= 4 is 27.3 Å². The quantitative estimate of drug-likeness (QED) is 0.827. The number of anilines is 1. The van der Waals surface area contributed by atoms with E-state index in [4.69, 9.17) is 21.8 Å². The third kappa shape index (κ3) is 3.28. The van der Waals surface area contributed by atoms with Gasteiger partial charge in [-0.2, -0.15) is 0 Å². The van der Waals surface area contributed by atoms with Crippen molar-refractivity contribution in [3.63, 3.8) is 0 Å². The van der Waals surface area contributed by atoms with Gasteiger partial charge in [0, 0.05) is 13.0 Å². The molecule has 1 heterocycles. The van der Waals surface area contributed by atoms with Crippen molar-refractivity contribution in [1.29, 1.82) is 0 Å². The minimum atomic E-state index is -3.72. The molecule has 2 aromatic rings. The fraction of sp³-hybridized carbons (Fsp3) is 0.167. The lowest BCUT2D eigenvalue weighted by Gasteiger charge is -2.10. The van der Waals surface area contributed by atoms with Crippen LogP contribution in [0.2, 0.25) is 5.02 Å². The number of rotatable bonds is 5. The summed E-state index contributed by atoms with van der Waals surface area (Å²) in [6.07, 6.45) is 1.99. The molecule has 5 nitrogen and oxygen atoms in total. The summed E-state index contributed by atoms with van der Waals surface area (Å²) >= 11 is 5.87. The number of nitrogen functional groups attached to an aromatic ring is 1. The number of halogens is 1. The van der Waals surface area contributed by atoms with Gasteiger partial charge in [-0.1, -0.05) is 17.7 Å². The molecule has 0 bridgehead atoms. The summed E-state index contributed by atoms with van der Waals surface area (Å²) in [6.45, 7) is 0.209. The lowest BCUT2D eigenvalue weighted by Crippen LogP contribution is -2.27. The van der Waals surface area contributed by atoms with Gasteiger partial charge in [0.05, 0.1) is 17.0 Å². The molecule has 0 aliphatic rings. The second kappa shape index (κ2) is 5.64. The van der Waals surface area contributed by atoms with Crippen molar-refractivity contribution in [1.82, 2.24) is 4.72 Å². The summed E-state index contributed by atoms with van der Waals surface area (Å²) in [7, 11) is -3.72. The SMILES string of the molecule is Nc1cccc(Cl)c1S(=O)(=O)NCCc1ccco1. The normalized spacial score (nSPS) is 11.6. The van der Waals surface area contributed by atoms with Gasteiger partial charge < -0.3 is 10.2 Å². The summed E-state index contributed by atoms with van der Waals surface area (Å²) in [5.41, 5.74) is 5.77. The van der Waals surface area contributed by atoms with Crippen LogP contribution in [0.25, 0.3) is 0 Å². The van der Waals surface area contributed by atoms with E-state index in [9.17, 15) is 8.42 Å². The van der Waals surface area contributed by atoms with Crippen LogP contribution in [0.1, 0.15) is 5.76 Å². The first-order chi connectivity index (χ1) is 9.00. The van der Waals surface area contributed by atoms with Crippen LogP contribution in [-0.2, 0) is 16.4 Å². The minimum Gasteiger partial charge on any atom is -0.469 e. The summed E-state index contributed by atoms with van der Waals surface area (Å²) in [6, 6.07) is 8.10. The van der Waals surface area contributed by atoms with Crippen LogP contribution in [-0.4, -0.2) is 15.0 Å². The van der Waals surface area contributed by atoms with Gasteiger partial charge in [-0.25, -0.2) is 13.1 Å². The topological polar surface area (TPSA) is 85.3 Å². The van der Waals surface area contributed by atoms with E-state index in [1.54, 1.807) is 18.2 Å². The molecule has 0 unspecified atom stereocenters. The smallest absolute Gasteiger partial charge is 0.244 e. The molecule has 0 aliphatic carbocycles. The molecule has 2 rings (SSSR count). The molecule has 0 atom stereocenters. The summed E-state index contributed by atoms with van der Waals surface area (Å²) < 4.78 is 31.8. The van der Waals surface area contributed by atoms with Crippen LogP contribution in [0.3, 0.4) is 0 Å². The lowest BCUT2D eigenvalue weighted by molar-refractivity contribution is 0.506. The van der Waals surface area contributed by atoms with Crippen molar-refractivity contribution in [3.8, 4) is 0 Å². The first-order valence-electron chi connectivity index (χ1n) is 5.57. The molecule has 0 saturated heterocycles. The van der Waals surface area contributed by atoms with Gasteiger partial charge in [-0.05, 0) is 24.3 Å². The molecule has 0 fully saturated rings. The van der Waals surface area contributed by atoms with Crippen LogP contribution < -0.4 is 10.5 Å². The summed E-state index contributed by atoms with van der Waals surface area (Å²) in [5.74, 6) is 0.704. The largest absolute Gasteiger partial charge is 0.469 e. The average Bonchev–Trinajstić information content (AvgIpc) is 2.81. The molecule has 0 spiro atoms. The molecular weight excluding hydrogens is 288 g/mol. The fourth-order valence-corrected chi connectivity index (χ4v) is 3.35. The Morgan fingerprint density at radius 2 is 2.05 bits per heavy atom. The maximum atomic E-state index is 12.1. The van der Waals surface area contributed by atoms with Gasteiger partial charge in [-0.3, -0.25) is 0 Å². The molecule has 0 amide bonds. The Balaban J connectivity index is 2.10. The summed E-state index contributed by atoms with van der Waals surface area (Å²) in [4.78, 5) is -0.0869. The molecule has 1 aromatic heterocycles. The molecule has 0 saturated carbocycles. The molecular formula is C12H13ClN2O3S. The van der Waals surface area contributed by atoms with E-state index in [2.05, 4.69) is 4.72 Å². The Hall–Kier alpha value is -1.50. The Kier molecular flexibility index (Phi) is 4.14. The zero-order chi connectivity index (χ0) is 13.9. The van der Waals surface area contributed by atoms with Crippen LogP contribution in [0.4, 0.5) is 5.69 Å². The van der Waals surface area contributed by atoms with Gasteiger partial charge in [0.2, 0.25) is 10.0 Å². The maximum absolute atomic E-state index is 12.1. The summed E-state index contributed by atoms with van der Waals surface area (Å²) in [5, 5.41) is 0.102. The van der Waals surface area contributed by atoms with Crippen molar-refractivity contribution in [2.45, 2.75) is 11.3 Å². The molecule has 19 heavy (non-hydrogen) atoms. The average molecular weight is 301 g/mol. The lowest BCUT2D eigenvalue weighted by atomic mass is 10.3. The first-order valence-corrected chi connectivity index (χ1v) is 7.43. The predicted octanol–water partition coefficient (Wildman–Crippen LogP) is 2.04. The van der Waals surface area contributed by atoms with E-state index in [0.29, 0.717) is 12.2 Å². The Labute approximate surface area is 116 Å². The number of hydrogen-bond acceptors (Lipinski definition) is 4. The van der Waals surface area contributed by atoms with E-state index < -0.39 is 10.0 Å². The zero-order valence-corrected chi connectivity index (χ0v) is 11.5. The van der Waals surface area contributed by atoms with Crippen LogP contribution in [0.5, 0.6) is 0 Å². The van der Waals surface area contributed by atoms with Gasteiger partial charge >= 0.3 is 0 Å². The second-order valence-corrected chi connectivity index (χ2v) is 6.00. The van der Waals surface area contributed by atoms with Crippen molar-refractivity contribution in [2.24, 2.45) is 0 Å². The van der Waals surface area contributed by atoms with Crippen LogP contribution >= 0.6 is 11.6 Å². The van der Waals surface area contributed by atoms with Crippen LogP contribution in [0, 0.1) is 0 Å². The highest BCUT2D eigenvalue weighted by Crippen LogP contribution is 2.26. The monoisotopic (exact) mass is 300 g/mol. The van der Waals surface area contributed by atoms with Gasteiger partial charge in [0.1, 0.15) is 10.7 Å². The number of furan rings is 1. The number of nitrogens with two attached hydrogens (primary N) is 1. The van der Waals surface area contributed by atoms with E-state index >= 15 is 0 Å². The zero-order valence-electron chi connectivity index (χ0n) is 9.97. The van der Waals surface area contributed by atoms with E-state index in [0.717, 1.165) is 0 Å². The number of hydrogen-bond donors (Lipinski definition) is 2. The number of sulfonamides is 1. The molecule has 1 aromatic carbocycles. The van der Waals surface area contributed by atoms with E-state index in [1.807, 2.05) is 0 Å². The Morgan fingerprint density at radius 3 is 2.68 bits per heavy atom.